The van der Waals surface area contributed by atoms with Gasteiger partial charge in [0, 0.05) is 0 Å². The molecule has 0 spiro atoms. The van der Waals surface area contributed by atoms with Crippen molar-refractivity contribution in [2.24, 2.45) is 5.92 Å². The van der Waals surface area contributed by atoms with Crippen molar-refractivity contribution in [1.82, 2.24) is 4.98 Å². The molecule has 0 rings (SSSR count). The Morgan fingerprint density at radius 2 is 2.00 bits per heavy atom. The van der Waals surface area contributed by atoms with E-state index in [9.17, 15) is 0 Å². The van der Waals surface area contributed by atoms with Crippen molar-refractivity contribution >= 4 is 10.4 Å². The topological polar surface area (TPSA) is 12.0 Å². The summed E-state index contributed by atoms with van der Waals surface area (Å²) >= 11 is 0. The first kappa shape index (κ1) is 8.18. The van der Waals surface area contributed by atoms with Crippen LogP contribution in [0.2, 0.25) is 0 Å². The summed E-state index contributed by atoms with van der Waals surface area (Å²) in [6.45, 7) is 6.77. The van der Waals surface area contributed by atoms with Gasteiger partial charge in [0.2, 0.25) is 0 Å². The SMILES string of the molecule is CCC(C)C(C)N[SiH3]. The van der Waals surface area contributed by atoms with Gasteiger partial charge in [-0.05, 0) is 12.0 Å². The van der Waals surface area contributed by atoms with E-state index in [4.69, 9.17) is 0 Å². The van der Waals surface area contributed by atoms with E-state index in [1.165, 1.54) is 6.42 Å². The summed E-state index contributed by atoms with van der Waals surface area (Å²) in [6, 6.07) is 0.728. The first-order valence-electron chi connectivity index (χ1n) is 3.39. The highest BCUT2D eigenvalue weighted by Gasteiger charge is 2.04. The second-order valence-electron chi connectivity index (χ2n) is 2.46. The fourth-order valence-corrected chi connectivity index (χ4v) is 1.21. The Morgan fingerprint density at radius 3 is 2.12 bits per heavy atom. The van der Waals surface area contributed by atoms with Gasteiger partial charge < -0.3 is 4.98 Å². The van der Waals surface area contributed by atoms with Crippen LogP contribution in [0.1, 0.15) is 27.2 Å². The molecule has 0 amide bonds. The Morgan fingerprint density at radius 1 is 1.50 bits per heavy atom. The van der Waals surface area contributed by atoms with Crippen LogP contribution in [0.3, 0.4) is 0 Å². The van der Waals surface area contributed by atoms with Crippen LogP contribution in [0.5, 0.6) is 0 Å². The van der Waals surface area contributed by atoms with Crippen LogP contribution in [-0.2, 0) is 0 Å². The van der Waals surface area contributed by atoms with Crippen LogP contribution in [-0.4, -0.2) is 16.4 Å². The molecular formula is C6H17NSi. The molecule has 0 heterocycles. The average molecular weight is 131 g/mol. The smallest absolute Gasteiger partial charge is 0.0752 e. The molecule has 0 fully saturated rings. The summed E-state index contributed by atoms with van der Waals surface area (Å²) in [4.78, 5) is 3.35. The van der Waals surface area contributed by atoms with Crippen molar-refractivity contribution in [1.29, 1.82) is 0 Å². The molecule has 0 bridgehead atoms. The average Bonchev–Trinajstić information content (AvgIpc) is 1.84. The highest BCUT2D eigenvalue weighted by molar-refractivity contribution is 6.04. The lowest BCUT2D eigenvalue weighted by Crippen LogP contribution is -2.29. The van der Waals surface area contributed by atoms with Crippen LogP contribution in [0, 0.1) is 5.92 Å². The van der Waals surface area contributed by atoms with Gasteiger partial charge in [-0.25, -0.2) is 0 Å². The first-order valence-corrected chi connectivity index (χ1v) is 4.39. The number of rotatable bonds is 3. The molecule has 8 heavy (non-hydrogen) atoms. The maximum absolute atomic E-state index is 3.35. The van der Waals surface area contributed by atoms with E-state index in [0.29, 0.717) is 0 Å². The number of hydrogen-bond donors (Lipinski definition) is 1. The highest BCUT2D eigenvalue weighted by atomic mass is 28.2. The zero-order valence-corrected chi connectivity index (χ0v) is 8.36. The van der Waals surface area contributed by atoms with Crippen LogP contribution >= 0.6 is 0 Å². The third-order valence-electron chi connectivity index (χ3n) is 1.95. The Balaban J connectivity index is 3.29. The number of hydrogen-bond acceptors (Lipinski definition) is 1. The molecule has 2 unspecified atom stereocenters. The zero-order valence-electron chi connectivity index (χ0n) is 6.36. The monoisotopic (exact) mass is 131 g/mol. The maximum Gasteiger partial charge on any atom is 0.0752 e. The van der Waals surface area contributed by atoms with Gasteiger partial charge in [-0.3, -0.25) is 0 Å². The van der Waals surface area contributed by atoms with Gasteiger partial charge in [0.1, 0.15) is 0 Å². The molecule has 0 aromatic rings. The molecule has 2 heteroatoms. The first-order chi connectivity index (χ1) is 3.72. The van der Waals surface area contributed by atoms with Crippen molar-refractivity contribution in [3.63, 3.8) is 0 Å². The van der Waals surface area contributed by atoms with Gasteiger partial charge in [-0.2, -0.15) is 0 Å². The van der Waals surface area contributed by atoms with Gasteiger partial charge in [0.25, 0.3) is 0 Å². The van der Waals surface area contributed by atoms with Crippen molar-refractivity contribution < 1.29 is 0 Å². The Bertz CT molecular complexity index is 48.5. The van der Waals surface area contributed by atoms with E-state index in [0.717, 1.165) is 22.4 Å². The summed E-state index contributed by atoms with van der Waals surface area (Å²) in [5.74, 6) is 0.840. The highest BCUT2D eigenvalue weighted by Crippen LogP contribution is 2.04. The minimum absolute atomic E-state index is 0.728. The molecule has 0 aromatic heterocycles. The predicted octanol–water partition coefficient (Wildman–Crippen LogP) is 0.291. The maximum atomic E-state index is 3.35. The van der Waals surface area contributed by atoms with E-state index >= 15 is 0 Å². The lowest BCUT2D eigenvalue weighted by atomic mass is 10.0. The fraction of sp³-hybridized carbons (Fsp3) is 1.00. The van der Waals surface area contributed by atoms with E-state index in [1.54, 1.807) is 0 Å². The van der Waals surface area contributed by atoms with Gasteiger partial charge in [0.05, 0.1) is 10.4 Å². The third kappa shape index (κ3) is 2.48. The van der Waals surface area contributed by atoms with Gasteiger partial charge >= 0.3 is 0 Å². The molecule has 1 nitrogen and oxygen atoms in total. The van der Waals surface area contributed by atoms with Gasteiger partial charge in [-0.1, -0.05) is 27.2 Å². The molecule has 0 aliphatic rings. The molecule has 0 aliphatic heterocycles. The van der Waals surface area contributed by atoms with E-state index < -0.39 is 0 Å². The van der Waals surface area contributed by atoms with E-state index in [-0.39, 0.29) is 0 Å². The van der Waals surface area contributed by atoms with Crippen LogP contribution in [0.15, 0.2) is 0 Å². The molecule has 2 atom stereocenters. The second-order valence-corrected chi connectivity index (χ2v) is 3.04. The lowest BCUT2D eigenvalue weighted by molar-refractivity contribution is 0.445. The van der Waals surface area contributed by atoms with Crippen molar-refractivity contribution in [2.45, 2.75) is 33.2 Å². The minimum atomic E-state index is 0.728. The van der Waals surface area contributed by atoms with Crippen molar-refractivity contribution in [3.8, 4) is 0 Å². The molecule has 0 aromatic carbocycles. The third-order valence-corrected chi connectivity index (χ3v) is 2.86. The summed E-state index contributed by atoms with van der Waals surface area (Å²) in [6.07, 6.45) is 1.29. The van der Waals surface area contributed by atoms with E-state index in [2.05, 4.69) is 25.8 Å². The fourth-order valence-electron chi connectivity index (χ4n) is 0.638. The largest absolute Gasteiger partial charge is 0.343 e. The van der Waals surface area contributed by atoms with Gasteiger partial charge in [0.15, 0.2) is 0 Å². The second kappa shape index (κ2) is 4.10. The van der Waals surface area contributed by atoms with Crippen molar-refractivity contribution in [3.05, 3.63) is 0 Å². The summed E-state index contributed by atoms with van der Waals surface area (Å²) in [5.41, 5.74) is 0. The zero-order chi connectivity index (χ0) is 6.57. The summed E-state index contributed by atoms with van der Waals surface area (Å²) < 4.78 is 0. The predicted molar refractivity (Wildman–Crippen MR) is 42.0 cm³/mol. The van der Waals surface area contributed by atoms with E-state index in [1.807, 2.05) is 0 Å². The van der Waals surface area contributed by atoms with Crippen LogP contribution in [0.4, 0.5) is 0 Å². The van der Waals surface area contributed by atoms with Crippen LogP contribution < -0.4 is 4.98 Å². The quantitative estimate of drug-likeness (QED) is 0.543. The standard InChI is InChI=1S/C6H17NSi/c1-4-5(2)6(3)7-8/h5-7H,4H2,1-3,8H3. The Kier molecular flexibility index (Phi) is 4.19. The van der Waals surface area contributed by atoms with Crippen LogP contribution in [0.25, 0.3) is 0 Å². The summed E-state index contributed by atoms with van der Waals surface area (Å²) in [7, 11) is 1.13. The molecule has 0 aliphatic carbocycles. The molecule has 0 saturated carbocycles. The molecular weight excluding hydrogens is 114 g/mol. The normalized spacial score (nSPS) is 18.4. The summed E-state index contributed by atoms with van der Waals surface area (Å²) in [5, 5.41) is 0. The van der Waals surface area contributed by atoms with Crippen molar-refractivity contribution in [2.75, 3.05) is 0 Å². The Hall–Kier alpha value is 0.177. The molecule has 50 valence electrons. The number of nitrogens with one attached hydrogen (secondary N) is 1. The Labute approximate surface area is 55.4 Å². The molecule has 0 saturated heterocycles. The molecule has 1 N–H and O–H groups in total. The molecule has 0 radical (unpaired) electrons. The minimum Gasteiger partial charge on any atom is -0.343 e. The lowest BCUT2D eigenvalue weighted by Gasteiger charge is -2.16. The van der Waals surface area contributed by atoms with Gasteiger partial charge in [-0.15, -0.1) is 0 Å².